The predicted molar refractivity (Wildman–Crippen MR) is 66.9 cm³/mol. The molecule has 0 bridgehead atoms. The van der Waals surface area contributed by atoms with Gasteiger partial charge in [0.25, 0.3) is 0 Å². The Balaban J connectivity index is 2.62. The molecule has 2 aromatic rings. The molecule has 80 valence electrons. The first-order valence-corrected chi connectivity index (χ1v) is 5.37. The minimum absolute atomic E-state index is 0.961. The van der Waals surface area contributed by atoms with Crippen molar-refractivity contribution >= 4 is 6.08 Å². The first kappa shape index (κ1) is 10.6. The van der Waals surface area contributed by atoms with E-state index in [1.165, 1.54) is 11.1 Å². The number of benzene rings is 1. The van der Waals surface area contributed by atoms with Crippen LogP contribution in [0.2, 0.25) is 0 Å². The minimum Gasteiger partial charge on any atom is -0.244 e. The van der Waals surface area contributed by atoms with Crippen LogP contribution < -0.4 is 0 Å². The van der Waals surface area contributed by atoms with Crippen molar-refractivity contribution in [3.05, 3.63) is 54.5 Å². The van der Waals surface area contributed by atoms with Crippen LogP contribution in [0.4, 0.5) is 0 Å². The van der Waals surface area contributed by atoms with Crippen LogP contribution in [-0.2, 0) is 6.42 Å². The zero-order chi connectivity index (χ0) is 11.4. The molecule has 0 aliphatic heterocycles. The Morgan fingerprint density at radius 3 is 2.88 bits per heavy atom. The molecule has 0 atom stereocenters. The summed E-state index contributed by atoms with van der Waals surface area (Å²) in [6, 6.07) is 8.30. The normalized spacial score (nSPS) is 10.1. The molecule has 0 saturated heterocycles. The van der Waals surface area contributed by atoms with Gasteiger partial charge in [-0.2, -0.15) is 0 Å². The van der Waals surface area contributed by atoms with Crippen LogP contribution in [0.3, 0.4) is 0 Å². The third kappa shape index (κ3) is 1.87. The van der Waals surface area contributed by atoms with Gasteiger partial charge in [0.05, 0.1) is 5.69 Å². The maximum absolute atomic E-state index is 4.35. The Morgan fingerprint density at radius 2 is 2.12 bits per heavy atom. The van der Waals surface area contributed by atoms with Crippen molar-refractivity contribution in [2.24, 2.45) is 0 Å². The number of aryl methyl sites for hydroxylation is 1. The third-order valence-electron chi connectivity index (χ3n) is 2.61. The van der Waals surface area contributed by atoms with Gasteiger partial charge in [0.15, 0.2) is 0 Å². The summed E-state index contributed by atoms with van der Waals surface area (Å²) in [7, 11) is 0. The highest BCUT2D eigenvalue weighted by Crippen LogP contribution is 2.25. The van der Waals surface area contributed by atoms with Gasteiger partial charge >= 0.3 is 0 Å². The van der Waals surface area contributed by atoms with Crippen molar-refractivity contribution in [2.45, 2.75) is 13.3 Å². The number of hydrogen-bond acceptors (Lipinski definition) is 2. The van der Waals surface area contributed by atoms with Crippen LogP contribution in [0.5, 0.6) is 0 Å². The number of nitrogens with zero attached hydrogens (tertiary/aromatic N) is 2. The second kappa shape index (κ2) is 4.71. The monoisotopic (exact) mass is 210 g/mol. The Kier molecular flexibility index (Phi) is 3.10. The van der Waals surface area contributed by atoms with Gasteiger partial charge in [0.1, 0.15) is 6.33 Å². The second-order valence-electron chi connectivity index (χ2n) is 3.54. The fourth-order valence-corrected chi connectivity index (χ4v) is 1.77. The molecule has 0 fully saturated rings. The van der Waals surface area contributed by atoms with Gasteiger partial charge in [0.2, 0.25) is 0 Å². The second-order valence-corrected chi connectivity index (χ2v) is 3.54. The van der Waals surface area contributed by atoms with E-state index in [0.29, 0.717) is 0 Å². The van der Waals surface area contributed by atoms with Crippen LogP contribution in [0, 0.1) is 0 Å². The van der Waals surface area contributed by atoms with Crippen molar-refractivity contribution in [1.29, 1.82) is 0 Å². The molecule has 1 heterocycles. The van der Waals surface area contributed by atoms with Crippen LogP contribution in [0.25, 0.3) is 17.3 Å². The first-order chi connectivity index (χ1) is 7.86. The minimum atomic E-state index is 0.961. The Morgan fingerprint density at radius 1 is 1.31 bits per heavy atom. The SMILES string of the molecule is C=Cc1cncnc1-c1ccccc1CC. The predicted octanol–water partition coefficient (Wildman–Crippen LogP) is 3.35. The van der Waals surface area contributed by atoms with Crippen molar-refractivity contribution in [3.63, 3.8) is 0 Å². The number of hydrogen-bond donors (Lipinski definition) is 0. The van der Waals surface area contributed by atoms with Crippen LogP contribution in [0.1, 0.15) is 18.1 Å². The average Bonchev–Trinajstić information content (AvgIpc) is 2.38. The summed E-state index contributed by atoms with van der Waals surface area (Å²) in [4.78, 5) is 8.36. The molecule has 0 aliphatic carbocycles. The van der Waals surface area contributed by atoms with Crippen molar-refractivity contribution in [3.8, 4) is 11.3 Å². The van der Waals surface area contributed by atoms with Crippen LogP contribution in [-0.4, -0.2) is 9.97 Å². The molecule has 1 aromatic heterocycles. The van der Waals surface area contributed by atoms with Crippen molar-refractivity contribution in [2.75, 3.05) is 0 Å². The highest BCUT2D eigenvalue weighted by molar-refractivity contribution is 5.72. The first-order valence-electron chi connectivity index (χ1n) is 5.37. The Hall–Kier alpha value is -1.96. The summed E-state index contributed by atoms with van der Waals surface area (Å²) < 4.78 is 0. The van der Waals surface area contributed by atoms with Crippen LogP contribution >= 0.6 is 0 Å². The third-order valence-corrected chi connectivity index (χ3v) is 2.61. The highest BCUT2D eigenvalue weighted by Gasteiger charge is 2.07. The van der Waals surface area contributed by atoms with Crippen molar-refractivity contribution < 1.29 is 0 Å². The summed E-state index contributed by atoms with van der Waals surface area (Å²) in [5.41, 5.74) is 4.40. The molecule has 2 heteroatoms. The van der Waals surface area contributed by atoms with E-state index in [9.17, 15) is 0 Å². The molecule has 2 nitrogen and oxygen atoms in total. The van der Waals surface area contributed by atoms with Gasteiger partial charge in [-0.05, 0) is 12.0 Å². The number of aromatic nitrogens is 2. The van der Waals surface area contributed by atoms with E-state index in [1.807, 2.05) is 6.07 Å². The lowest BCUT2D eigenvalue weighted by Crippen LogP contribution is -1.93. The van der Waals surface area contributed by atoms with Gasteiger partial charge in [-0.1, -0.05) is 43.8 Å². The fourth-order valence-electron chi connectivity index (χ4n) is 1.77. The summed E-state index contributed by atoms with van der Waals surface area (Å²) in [5, 5.41) is 0. The zero-order valence-corrected chi connectivity index (χ0v) is 9.35. The molecule has 16 heavy (non-hydrogen) atoms. The van der Waals surface area contributed by atoms with Gasteiger partial charge in [-0.15, -0.1) is 0 Å². The van der Waals surface area contributed by atoms with E-state index in [0.717, 1.165) is 17.7 Å². The maximum atomic E-state index is 4.35. The average molecular weight is 210 g/mol. The van der Waals surface area contributed by atoms with Crippen LogP contribution in [0.15, 0.2) is 43.4 Å². The largest absolute Gasteiger partial charge is 0.244 e. The summed E-state index contributed by atoms with van der Waals surface area (Å²) in [6.45, 7) is 5.94. The Labute approximate surface area is 95.7 Å². The molecule has 0 N–H and O–H groups in total. The molecule has 2 rings (SSSR count). The summed E-state index contributed by atoms with van der Waals surface area (Å²) in [5.74, 6) is 0. The highest BCUT2D eigenvalue weighted by atomic mass is 14.8. The Bertz CT molecular complexity index is 504. The maximum Gasteiger partial charge on any atom is 0.116 e. The van der Waals surface area contributed by atoms with Crippen molar-refractivity contribution in [1.82, 2.24) is 9.97 Å². The molecule has 0 aliphatic rings. The molecule has 0 spiro atoms. The van der Waals surface area contributed by atoms with Gasteiger partial charge in [0, 0.05) is 17.3 Å². The summed E-state index contributed by atoms with van der Waals surface area (Å²) in [6.07, 6.45) is 6.16. The van der Waals surface area contributed by atoms with E-state index in [1.54, 1.807) is 18.6 Å². The lowest BCUT2D eigenvalue weighted by Gasteiger charge is -2.08. The lowest BCUT2D eigenvalue weighted by atomic mass is 9.99. The lowest BCUT2D eigenvalue weighted by molar-refractivity contribution is 1.12. The van der Waals surface area contributed by atoms with E-state index < -0.39 is 0 Å². The standard InChI is InChI=1S/C14H14N2/c1-3-11-7-5-6-8-13(11)14-12(4-2)9-15-10-16-14/h4-10H,2-3H2,1H3. The van der Waals surface area contributed by atoms with E-state index >= 15 is 0 Å². The quantitative estimate of drug-likeness (QED) is 0.776. The fraction of sp³-hybridized carbons (Fsp3) is 0.143. The topological polar surface area (TPSA) is 25.8 Å². The molecule has 0 radical (unpaired) electrons. The molecule has 0 amide bonds. The van der Waals surface area contributed by atoms with Gasteiger partial charge in [-0.3, -0.25) is 0 Å². The number of rotatable bonds is 3. The molecular weight excluding hydrogens is 196 g/mol. The molecule has 0 unspecified atom stereocenters. The van der Waals surface area contributed by atoms with E-state index in [4.69, 9.17) is 0 Å². The molecular formula is C14H14N2. The van der Waals surface area contributed by atoms with Gasteiger partial charge < -0.3 is 0 Å². The zero-order valence-electron chi connectivity index (χ0n) is 9.35. The molecule has 0 saturated carbocycles. The summed E-state index contributed by atoms with van der Waals surface area (Å²) >= 11 is 0. The van der Waals surface area contributed by atoms with E-state index in [2.05, 4.69) is 41.7 Å². The van der Waals surface area contributed by atoms with E-state index in [-0.39, 0.29) is 0 Å². The smallest absolute Gasteiger partial charge is 0.116 e. The van der Waals surface area contributed by atoms with Gasteiger partial charge in [-0.25, -0.2) is 9.97 Å². The molecule has 1 aromatic carbocycles.